The standard InChI is InChI=1S/C13H7F4NO2/c14-9-5-3-4-8(12(9)20-13(15,16)17)11(19)10-6-1-2-7-18-10/h1-7H. The van der Waals surface area contributed by atoms with Gasteiger partial charge in [0.15, 0.2) is 11.6 Å². The molecule has 0 amide bonds. The molecule has 2 rings (SSSR count). The highest BCUT2D eigenvalue weighted by Gasteiger charge is 2.34. The van der Waals surface area contributed by atoms with Crippen molar-refractivity contribution in [3.05, 3.63) is 59.7 Å². The lowest BCUT2D eigenvalue weighted by atomic mass is 10.1. The number of nitrogens with zero attached hydrogens (tertiary/aromatic N) is 1. The zero-order valence-corrected chi connectivity index (χ0v) is 9.82. The van der Waals surface area contributed by atoms with E-state index in [-0.39, 0.29) is 5.69 Å². The van der Waals surface area contributed by atoms with E-state index in [1.165, 1.54) is 24.4 Å². The Labute approximate surface area is 110 Å². The first-order valence-electron chi connectivity index (χ1n) is 5.38. The van der Waals surface area contributed by atoms with Crippen molar-refractivity contribution in [2.24, 2.45) is 0 Å². The van der Waals surface area contributed by atoms with Gasteiger partial charge in [-0.2, -0.15) is 0 Å². The molecule has 0 aliphatic heterocycles. The summed E-state index contributed by atoms with van der Waals surface area (Å²) in [4.78, 5) is 15.7. The first-order chi connectivity index (χ1) is 9.38. The average molecular weight is 285 g/mol. The Kier molecular flexibility index (Phi) is 3.69. The summed E-state index contributed by atoms with van der Waals surface area (Å²) in [5.41, 5.74) is -0.647. The maximum absolute atomic E-state index is 13.5. The van der Waals surface area contributed by atoms with Crippen molar-refractivity contribution in [2.75, 3.05) is 0 Å². The van der Waals surface area contributed by atoms with E-state index in [1.807, 2.05) is 0 Å². The Balaban J connectivity index is 2.47. The zero-order valence-electron chi connectivity index (χ0n) is 9.82. The number of carbonyl (C=O) groups is 1. The van der Waals surface area contributed by atoms with Gasteiger partial charge in [-0.3, -0.25) is 9.78 Å². The van der Waals surface area contributed by atoms with Crippen LogP contribution in [0.2, 0.25) is 0 Å². The molecular weight excluding hydrogens is 278 g/mol. The second-order valence-electron chi connectivity index (χ2n) is 3.71. The topological polar surface area (TPSA) is 39.2 Å². The maximum atomic E-state index is 13.5. The van der Waals surface area contributed by atoms with Crippen LogP contribution in [-0.4, -0.2) is 17.1 Å². The Morgan fingerprint density at radius 3 is 2.45 bits per heavy atom. The van der Waals surface area contributed by atoms with Gasteiger partial charge < -0.3 is 4.74 Å². The molecule has 0 saturated heterocycles. The van der Waals surface area contributed by atoms with E-state index in [1.54, 1.807) is 0 Å². The Bertz CT molecular complexity index is 626. The second-order valence-corrected chi connectivity index (χ2v) is 3.71. The van der Waals surface area contributed by atoms with Gasteiger partial charge in [0.2, 0.25) is 5.78 Å². The highest BCUT2D eigenvalue weighted by atomic mass is 19.4. The van der Waals surface area contributed by atoms with E-state index in [2.05, 4.69) is 9.72 Å². The third kappa shape index (κ3) is 3.11. The summed E-state index contributed by atoms with van der Waals surface area (Å²) in [5.74, 6) is -3.29. The van der Waals surface area contributed by atoms with Crippen LogP contribution in [0.3, 0.4) is 0 Å². The van der Waals surface area contributed by atoms with Crippen molar-refractivity contribution in [1.82, 2.24) is 4.98 Å². The molecule has 1 aromatic carbocycles. The quantitative estimate of drug-likeness (QED) is 0.641. The number of benzene rings is 1. The van der Waals surface area contributed by atoms with Crippen LogP contribution in [0.15, 0.2) is 42.6 Å². The van der Waals surface area contributed by atoms with E-state index in [4.69, 9.17) is 0 Å². The van der Waals surface area contributed by atoms with Crippen LogP contribution >= 0.6 is 0 Å². The molecule has 0 fully saturated rings. The van der Waals surface area contributed by atoms with Gasteiger partial charge in [-0.1, -0.05) is 12.1 Å². The van der Waals surface area contributed by atoms with Gasteiger partial charge in [0.25, 0.3) is 0 Å². The lowest BCUT2D eigenvalue weighted by Gasteiger charge is -2.13. The summed E-state index contributed by atoms with van der Waals surface area (Å²) >= 11 is 0. The molecule has 20 heavy (non-hydrogen) atoms. The van der Waals surface area contributed by atoms with Gasteiger partial charge in [-0.25, -0.2) is 4.39 Å². The summed E-state index contributed by atoms with van der Waals surface area (Å²) in [5, 5.41) is 0. The minimum Gasteiger partial charge on any atom is -0.402 e. The van der Waals surface area contributed by atoms with E-state index < -0.39 is 29.3 Å². The predicted octanol–water partition coefficient (Wildman–Crippen LogP) is 3.35. The van der Waals surface area contributed by atoms with Gasteiger partial charge in [-0.05, 0) is 24.3 Å². The van der Waals surface area contributed by atoms with Gasteiger partial charge >= 0.3 is 6.36 Å². The Hall–Kier alpha value is -2.44. The molecule has 0 atom stereocenters. The molecule has 0 aliphatic carbocycles. The number of alkyl halides is 3. The largest absolute Gasteiger partial charge is 0.573 e. The van der Waals surface area contributed by atoms with Crippen LogP contribution in [0.25, 0.3) is 0 Å². The number of ketones is 1. The first-order valence-corrected chi connectivity index (χ1v) is 5.38. The summed E-state index contributed by atoms with van der Waals surface area (Å²) in [6.45, 7) is 0. The van der Waals surface area contributed by atoms with Crippen molar-refractivity contribution in [2.45, 2.75) is 6.36 Å². The maximum Gasteiger partial charge on any atom is 0.573 e. The molecule has 104 valence electrons. The third-order valence-electron chi connectivity index (χ3n) is 2.33. The number of aromatic nitrogens is 1. The smallest absolute Gasteiger partial charge is 0.402 e. The highest BCUT2D eigenvalue weighted by molar-refractivity contribution is 6.09. The fourth-order valence-electron chi connectivity index (χ4n) is 1.54. The van der Waals surface area contributed by atoms with Crippen LogP contribution in [0, 0.1) is 5.82 Å². The SMILES string of the molecule is O=C(c1ccccn1)c1cccc(F)c1OC(F)(F)F. The number of rotatable bonds is 3. The molecule has 0 unspecified atom stereocenters. The minimum atomic E-state index is -5.10. The van der Waals surface area contributed by atoms with Gasteiger partial charge in [0, 0.05) is 6.20 Å². The third-order valence-corrected chi connectivity index (χ3v) is 2.33. The van der Waals surface area contributed by atoms with Crippen LogP contribution in [-0.2, 0) is 0 Å². The Morgan fingerprint density at radius 1 is 1.10 bits per heavy atom. The number of ether oxygens (including phenoxy) is 1. The average Bonchev–Trinajstić information content (AvgIpc) is 2.40. The second kappa shape index (κ2) is 5.28. The molecule has 0 aliphatic rings. The van der Waals surface area contributed by atoms with Gasteiger partial charge in [0.1, 0.15) is 5.69 Å². The van der Waals surface area contributed by atoms with Crippen molar-refractivity contribution >= 4 is 5.78 Å². The predicted molar refractivity (Wildman–Crippen MR) is 60.8 cm³/mol. The summed E-state index contributed by atoms with van der Waals surface area (Å²) in [6, 6.07) is 7.27. The van der Waals surface area contributed by atoms with Crippen molar-refractivity contribution in [3.8, 4) is 5.75 Å². The van der Waals surface area contributed by atoms with E-state index in [0.29, 0.717) is 0 Å². The monoisotopic (exact) mass is 285 g/mol. The molecule has 0 spiro atoms. The molecule has 1 aromatic heterocycles. The molecule has 0 radical (unpaired) electrons. The number of carbonyl (C=O) groups excluding carboxylic acids is 1. The summed E-state index contributed by atoms with van der Waals surface area (Å²) in [7, 11) is 0. The number of hydrogen-bond acceptors (Lipinski definition) is 3. The first kappa shape index (κ1) is 14.0. The molecule has 0 bridgehead atoms. The molecule has 1 heterocycles. The lowest BCUT2D eigenvalue weighted by Crippen LogP contribution is -2.20. The van der Waals surface area contributed by atoms with Crippen LogP contribution < -0.4 is 4.74 Å². The Morgan fingerprint density at radius 2 is 1.85 bits per heavy atom. The molecular formula is C13H7F4NO2. The van der Waals surface area contributed by atoms with Gasteiger partial charge in [-0.15, -0.1) is 13.2 Å². The molecule has 3 nitrogen and oxygen atoms in total. The van der Waals surface area contributed by atoms with Crippen molar-refractivity contribution < 1.29 is 27.1 Å². The molecule has 0 N–H and O–H groups in total. The van der Waals surface area contributed by atoms with Crippen molar-refractivity contribution in [3.63, 3.8) is 0 Å². The molecule has 0 saturated carbocycles. The van der Waals surface area contributed by atoms with Gasteiger partial charge in [0.05, 0.1) is 5.56 Å². The summed E-state index contributed by atoms with van der Waals surface area (Å²) in [6.07, 6.45) is -3.79. The molecule has 7 heteroatoms. The zero-order chi connectivity index (χ0) is 14.8. The van der Waals surface area contributed by atoms with Crippen LogP contribution in [0.5, 0.6) is 5.75 Å². The normalized spacial score (nSPS) is 11.2. The van der Waals surface area contributed by atoms with Crippen LogP contribution in [0.4, 0.5) is 17.6 Å². The number of halogens is 4. The fourth-order valence-corrected chi connectivity index (χ4v) is 1.54. The summed E-state index contributed by atoms with van der Waals surface area (Å²) < 4.78 is 53.8. The lowest BCUT2D eigenvalue weighted by molar-refractivity contribution is -0.275. The number of hydrogen-bond donors (Lipinski definition) is 0. The fraction of sp³-hybridized carbons (Fsp3) is 0.0769. The number of para-hydroxylation sites is 1. The van der Waals surface area contributed by atoms with Crippen LogP contribution in [0.1, 0.15) is 16.1 Å². The van der Waals surface area contributed by atoms with Crippen molar-refractivity contribution in [1.29, 1.82) is 0 Å². The molecule has 2 aromatic rings. The highest BCUT2D eigenvalue weighted by Crippen LogP contribution is 2.30. The van der Waals surface area contributed by atoms with E-state index in [0.717, 1.165) is 18.2 Å². The minimum absolute atomic E-state index is 0.106. The van der Waals surface area contributed by atoms with E-state index >= 15 is 0 Å². The van der Waals surface area contributed by atoms with E-state index in [9.17, 15) is 22.4 Å². The number of pyridine rings is 1.